The van der Waals surface area contributed by atoms with E-state index in [-0.39, 0.29) is 0 Å². The van der Waals surface area contributed by atoms with E-state index in [4.69, 9.17) is 11.6 Å². The van der Waals surface area contributed by atoms with Gasteiger partial charge in [-0.05, 0) is 69.0 Å². The van der Waals surface area contributed by atoms with Gasteiger partial charge in [-0.25, -0.2) is 0 Å². The van der Waals surface area contributed by atoms with Gasteiger partial charge in [-0.3, -0.25) is 0 Å². The van der Waals surface area contributed by atoms with E-state index in [0.29, 0.717) is 5.41 Å². The van der Waals surface area contributed by atoms with E-state index in [9.17, 15) is 0 Å². The Morgan fingerprint density at radius 3 is 2.60 bits per heavy atom. The molecular weight excluding hydrogens is 286 g/mol. The molecule has 1 nitrogen and oxygen atoms in total. The Hall–Kier alpha value is -0.0500. The highest BCUT2D eigenvalue weighted by molar-refractivity contribution is 7.16. The van der Waals surface area contributed by atoms with Crippen molar-refractivity contribution >= 4 is 22.9 Å². The first-order valence-electron chi connectivity index (χ1n) is 8.23. The van der Waals surface area contributed by atoms with E-state index in [1.54, 1.807) is 11.3 Å². The molecule has 0 amide bonds. The molecule has 1 aromatic rings. The Bertz CT molecular complexity index is 418. The number of nitrogens with one attached hydrogen (secondary N) is 1. The Balaban J connectivity index is 1.52. The van der Waals surface area contributed by atoms with Crippen molar-refractivity contribution in [2.24, 2.45) is 5.41 Å². The third-order valence-corrected chi connectivity index (χ3v) is 6.40. The number of thiophene rings is 1. The van der Waals surface area contributed by atoms with Gasteiger partial charge in [0.2, 0.25) is 0 Å². The van der Waals surface area contributed by atoms with Gasteiger partial charge in [-0.1, -0.05) is 30.9 Å². The molecular formula is C17H26ClNS. The maximum atomic E-state index is 6.05. The molecule has 2 aliphatic rings. The average Bonchev–Trinajstić information content (AvgIpc) is 3.19. The van der Waals surface area contributed by atoms with Crippen LogP contribution in [0.3, 0.4) is 0 Å². The van der Waals surface area contributed by atoms with Crippen molar-refractivity contribution in [3.05, 3.63) is 21.3 Å². The summed E-state index contributed by atoms with van der Waals surface area (Å²) in [6.45, 7) is 1.23. The van der Waals surface area contributed by atoms with Gasteiger partial charge < -0.3 is 5.32 Å². The van der Waals surface area contributed by atoms with Crippen LogP contribution in [0.15, 0.2) is 12.1 Å². The Kier molecular flexibility index (Phi) is 5.06. The summed E-state index contributed by atoms with van der Waals surface area (Å²) in [7, 11) is 0. The standard InChI is InChI=1S/C17H26ClNS/c18-16-7-6-15(20-16)8-11-17(9-2-1-3-10-17)12-13-19-14-4-5-14/h6-7,14,19H,1-5,8-13H2. The SMILES string of the molecule is Clc1ccc(CCC2(CCNC3CC3)CCCCC2)s1. The maximum Gasteiger partial charge on any atom is 0.0931 e. The molecule has 0 aromatic carbocycles. The van der Waals surface area contributed by atoms with E-state index in [1.165, 1.54) is 75.6 Å². The zero-order valence-corrected chi connectivity index (χ0v) is 13.9. The topological polar surface area (TPSA) is 12.0 Å². The molecule has 2 fully saturated rings. The molecule has 0 atom stereocenters. The normalized spacial score (nSPS) is 22.1. The van der Waals surface area contributed by atoms with Gasteiger partial charge >= 0.3 is 0 Å². The third kappa shape index (κ3) is 4.22. The molecule has 2 aliphatic carbocycles. The van der Waals surface area contributed by atoms with Crippen molar-refractivity contribution in [3.63, 3.8) is 0 Å². The quantitative estimate of drug-likeness (QED) is 0.708. The lowest BCUT2D eigenvalue weighted by Gasteiger charge is -2.38. The van der Waals surface area contributed by atoms with Crippen LogP contribution in [0.25, 0.3) is 0 Å². The fraction of sp³-hybridized carbons (Fsp3) is 0.765. The van der Waals surface area contributed by atoms with Crippen molar-refractivity contribution < 1.29 is 0 Å². The van der Waals surface area contributed by atoms with Crippen LogP contribution in [-0.4, -0.2) is 12.6 Å². The van der Waals surface area contributed by atoms with Crippen LogP contribution in [0.4, 0.5) is 0 Å². The summed E-state index contributed by atoms with van der Waals surface area (Å²) in [6, 6.07) is 5.11. The van der Waals surface area contributed by atoms with Crippen LogP contribution in [0.1, 0.15) is 62.7 Å². The lowest BCUT2D eigenvalue weighted by molar-refractivity contribution is 0.157. The van der Waals surface area contributed by atoms with Gasteiger partial charge in [0.25, 0.3) is 0 Å². The highest BCUT2D eigenvalue weighted by Crippen LogP contribution is 2.43. The number of hydrogen-bond acceptors (Lipinski definition) is 2. The minimum Gasteiger partial charge on any atom is -0.314 e. The molecule has 0 saturated heterocycles. The summed E-state index contributed by atoms with van der Waals surface area (Å²) in [6.07, 6.45) is 14.0. The zero-order chi connectivity index (χ0) is 13.8. The number of aryl methyl sites for hydroxylation is 1. The first kappa shape index (κ1) is 14.9. The fourth-order valence-electron chi connectivity index (χ4n) is 3.63. The second-order valence-electron chi connectivity index (χ2n) is 6.74. The number of hydrogen-bond donors (Lipinski definition) is 1. The highest BCUT2D eigenvalue weighted by atomic mass is 35.5. The van der Waals surface area contributed by atoms with Crippen LogP contribution >= 0.6 is 22.9 Å². The molecule has 1 aromatic heterocycles. The molecule has 3 heteroatoms. The van der Waals surface area contributed by atoms with Crippen molar-refractivity contribution in [3.8, 4) is 0 Å². The Morgan fingerprint density at radius 2 is 1.95 bits per heavy atom. The van der Waals surface area contributed by atoms with Crippen molar-refractivity contribution in [2.45, 2.75) is 70.3 Å². The first-order valence-corrected chi connectivity index (χ1v) is 9.43. The molecule has 112 valence electrons. The molecule has 0 bridgehead atoms. The smallest absolute Gasteiger partial charge is 0.0931 e. The minimum atomic E-state index is 0.608. The van der Waals surface area contributed by atoms with E-state index in [0.717, 1.165) is 10.4 Å². The van der Waals surface area contributed by atoms with E-state index >= 15 is 0 Å². The van der Waals surface area contributed by atoms with Crippen molar-refractivity contribution in [2.75, 3.05) is 6.54 Å². The van der Waals surface area contributed by atoms with Gasteiger partial charge in [0, 0.05) is 10.9 Å². The van der Waals surface area contributed by atoms with Crippen molar-refractivity contribution in [1.29, 1.82) is 0 Å². The molecule has 3 rings (SSSR count). The number of halogens is 1. The molecule has 1 N–H and O–H groups in total. The predicted molar refractivity (Wildman–Crippen MR) is 88.8 cm³/mol. The molecule has 2 saturated carbocycles. The summed E-state index contributed by atoms with van der Waals surface area (Å²) in [5, 5.41) is 3.71. The van der Waals surface area contributed by atoms with Crippen LogP contribution < -0.4 is 5.32 Å². The van der Waals surface area contributed by atoms with Crippen LogP contribution in [0.2, 0.25) is 4.34 Å². The molecule has 20 heavy (non-hydrogen) atoms. The first-order chi connectivity index (χ1) is 9.76. The summed E-state index contributed by atoms with van der Waals surface area (Å²) in [4.78, 5) is 1.47. The number of rotatable bonds is 7. The largest absolute Gasteiger partial charge is 0.314 e. The molecule has 0 radical (unpaired) electrons. The van der Waals surface area contributed by atoms with Gasteiger partial charge in [0.15, 0.2) is 0 Å². The van der Waals surface area contributed by atoms with E-state index in [1.807, 2.05) is 6.07 Å². The van der Waals surface area contributed by atoms with Gasteiger partial charge in [-0.2, -0.15) is 0 Å². The summed E-state index contributed by atoms with van der Waals surface area (Å²) < 4.78 is 0.938. The molecule has 0 aliphatic heterocycles. The van der Waals surface area contributed by atoms with Crippen LogP contribution in [-0.2, 0) is 6.42 Å². The lowest BCUT2D eigenvalue weighted by Crippen LogP contribution is -2.30. The summed E-state index contributed by atoms with van der Waals surface area (Å²) in [5.74, 6) is 0. The monoisotopic (exact) mass is 311 g/mol. The van der Waals surface area contributed by atoms with Crippen molar-refractivity contribution in [1.82, 2.24) is 5.32 Å². The second-order valence-corrected chi connectivity index (χ2v) is 8.54. The van der Waals surface area contributed by atoms with Gasteiger partial charge in [-0.15, -0.1) is 11.3 Å². The van der Waals surface area contributed by atoms with E-state index in [2.05, 4.69) is 11.4 Å². The summed E-state index contributed by atoms with van der Waals surface area (Å²) >= 11 is 7.81. The van der Waals surface area contributed by atoms with E-state index < -0.39 is 0 Å². The lowest BCUT2D eigenvalue weighted by atomic mass is 9.69. The maximum absolute atomic E-state index is 6.05. The molecule has 1 heterocycles. The average molecular weight is 312 g/mol. The van der Waals surface area contributed by atoms with Gasteiger partial charge in [0.1, 0.15) is 0 Å². The third-order valence-electron chi connectivity index (χ3n) is 5.11. The Morgan fingerprint density at radius 1 is 1.15 bits per heavy atom. The van der Waals surface area contributed by atoms with Gasteiger partial charge in [0.05, 0.1) is 4.34 Å². The second kappa shape index (κ2) is 6.81. The minimum absolute atomic E-state index is 0.608. The fourth-order valence-corrected chi connectivity index (χ4v) is 4.72. The Labute approximate surface area is 132 Å². The zero-order valence-electron chi connectivity index (χ0n) is 12.3. The molecule has 0 unspecified atom stereocenters. The molecule has 0 spiro atoms. The summed E-state index contributed by atoms with van der Waals surface area (Å²) in [5.41, 5.74) is 0.608. The predicted octanol–water partition coefficient (Wildman–Crippen LogP) is 5.43. The highest BCUT2D eigenvalue weighted by Gasteiger charge is 2.32. The van der Waals surface area contributed by atoms with Crippen LogP contribution in [0.5, 0.6) is 0 Å². The van der Waals surface area contributed by atoms with Crippen LogP contribution in [0, 0.1) is 5.41 Å².